The average Bonchev–Trinajstić information content (AvgIpc) is 3.68. The number of carbonyl (C=O) groups is 1. The Morgan fingerprint density at radius 1 is 0.868 bits per heavy atom. The molecule has 38 heavy (non-hydrogen) atoms. The number of fused-ring (bicyclic) bond motifs is 2. The van der Waals surface area contributed by atoms with Gasteiger partial charge in [-0.3, -0.25) is 14.8 Å². The lowest BCUT2D eigenvalue weighted by atomic mass is 9.94. The highest BCUT2D eigenvalue weighted by Gasteiger charge is 2.50. The van der Waals surface area contributed by atoms with Crippen molar-refractivity contribution in [3.8, 4) is 22.4 Å². The summed E-state index contributed by atoms with van der Waals surface area (Å²) < 4.78 is 1.78. The zero-order chi connectivity index (χ0) is 25.7. The molecule has 4 heterocycles. The summed E-state index contributed by atoms with van der Waals surface area (Å²) in [5, 5.41) is 17.4. The summed E-state index contributed by atoms with van der Waals surface area (Å²) in [4.78, 5) is 25.0. The second-order valence-corrected chi connectivity index (χ2v) is 9.46. The van der Waals surface area contributed by atoms with Crippen LogP contribution in [0.5, 0.6) is 0 Å². The van der Waals surface area contributed by atoms with Gasteiger partial charge in [0.1, 0.15) is 11.4 Å². The molecule has 0 spiro atoms. The van der Waals surface area contributed by atoms with Gasteiger partial charge >= 0.3 is 0 Å². The van der Waals surface area contributed by atoms with Crippen molar-refractivity contribution in [1.29, 1.82) is 0 Å². The molecule has 0 radical (unpaired) electrons. The predicted octanol–water partition coefficient (Wildman–Crippen LogP) is 4.24. The van der Waals surface area contributed by atoms with Gasteiger partial charge in [-0.25, -0.2) is 4.98 Å². The summed E-state index contributed by atoms with van der Waals surface area (Å²) in [6.07, 6.45) is 7.20. The number of nitrogens with one attached hydrogen (secondary N) is 1. The SMILES string of the molecule is CNC(=O)c1ccc(-c2ccc(-c3cnc4nnc(C5(c6ccc7ncccc7c6)CC5)n4n3)cc2)cn1. The maximum atomic E-state index is 11.8. The molecule has 2 aromatic carbocycles. The van der Waals surface area contributed by atoms with Crippen LogP contribution in [0.2, 0.25) is 0 Å². The summed E-state index contributed by atoms with van der Waals surface area (Å²) in [5.41, 5.74) is 5.90. The molecule has 4 aromatic heterocycles. The van der Waals surface area contributed by atoms with Gasteiger partial charge in [0.15, 0.2) is 5.82 Å². The van der Waals surface area contributed by atoms with Crippen molar-refractivity contribution >= 4 is 22.6 Å². The van der Waals surface area contributed by atoms with Crippen LogP contribution in [-0.4, -0.2) is 47.7 Å². The van der Waals surface area contributed by atoms with Gasteiger partial charge in [0, 0.05) is 36.0 Å². The molecule has 9 heteroatoms. The van der Waals surface area contributed by atoms with Crippen molar-refractivity contribution in [3.05, 3.63) is 102 Å². The molecular formula is C29H22N8O. The lowest BCUT2D eigenvalue weighted by Gasteiger charge is -2.14. The van der Waals surface area contributed by atoms with Gasteiger partial charge in [0.25, 0.3) is 11.7 Å². The van der Waals surface area contributed by atoms with E-state index in [0.29, 0.717) is 11.5 Å². The smallest absolute Gasteiger partial charge is 0.271 e. The minimum Gasteiger partial charge on any atom is -0.354 e. The molecule has 184 valence electrons. The maximum absolute atomic E-state index is 11.8. The Kier molecular flexibility index (Phi) is 4.97. The highest BCUT2D eigenvalue weighted by molar-refractivity contribution is 5.92. The lowest BCUT2D eigenvalue weighted by molar-refractivity contribution is 0.0958. The molecule has 1 N–H and O–H groups in total. The third-order valence-electron chi connectivity index (χ3n) is 7.21. The number of hydrogen-bond donors (Lipinski definition) is 1. The molecule has 0 bridgehead atoms. The number of benzene rings is 2. The van der Waals surface area contributed by atoms with Crippen LogP contribution < -0.4 is 5.32 Å². The number of hydrogen-bond acceptors (Lipinski definition) is 7. The molecule has 0 atom stereocenters. The van der Waals surface area contributed by atoms with Crippen LogP contribution >= 0.6 is 0 Å². The first-order valence-electron chi connectivity index (χ1n) is 12.4. The van der Waals surface area contributed by atoms with Crippen molar-refractivity contribution in [2.45, 2.75) is 18.3 Å². The first kappa shape index (κ1) is 22.2. The Bertz CT molecular complexity index is 1820. The predicted molar refractivity (Wildman–Crippen MR) is 142 cm³/mol. The minimum atomic E-state index is -0.228. The Labute approximate surface area is 217 Å². The molecule has 7 rings (SSSR count). The minimum absolute atomic E-state index is 0.208. The third-order valence-corrected chi connectivity index (χ3v) is 7.21. The van der Waals surface area contributed by atoms with E-state index in [4.69, 9.17) is 5.10 Å². The molecule has 1 aliphatic carbocycles. The zero-order valence-electron chi connectivity index (χ0n) is 20.5. The summed E-state index contributed by atoms with van der Waals surface area (Å²) in [5.74, 6) is 1.08. The fourth-order valence-electron chi connectivity index (χ4n) is 4.93. The number of amides is 1. The molecule has 1 saturated carbocycles. The van der Waals surface area contributed by atoms with Crippen LogP contribution in [0.25, 0.3) is 39.1 Å². The normalized spacial score (nSPS) is 14.0. The Hall–Kier alpha value is -5.05. The van der Waals surface area contributed by atoms with Crippen LogP contribution in [0.3, 0.4) is 0 Å². The summed E-state index contributed by atoms with van der Waals surface area (Å²) in [7, 11) is 1.59. The molecule has 6 aromatic rings. The van der Waals surface area contributed by atoms with Gasteiger partial charge in [-0.05, 0) is 48.2 Å². The molecular weight excluding hydrogens is 476 g/mol. The molecule has 0 aliphatic heterocycles. The quantitative estimate of drug-likeness (QED) is 0.379. The van der Waals surface area contributed by atoms with Crippen LogP contribution in [0, 0.1) is 0 Å². The van der Waals surface area contributed by atoms with E-state index >= 15 is 0 Å². The van der Waals surface area contributed by atoms with Gasteiger partial charge < -0.3 is 5.32 Å². The highest BCUT2D eigenvalue weighted by Crippen LogP contribution is 2.53. The Balaban J connectivity index is 1.22. The van der Waals surface area contributed by atoms with Crippen molar-refractivity contribution in [1.82, 2.24) is 40.1 Å². The second-order valence-electron chi connectivity index (χ2n) is 9.46. The van der Waals surface area contributed by atoms with E-state index in [1.54, 1.807) is 30.0 Å². The number of carbonyl (C=O) groups excluding carboxylic acids is 1. The Morgan fingerprint density at radius 2 is 1.68 bits per heavy atom. The van der Waals surface area contributed by atoms with Gasteiger partial charge in [-0.15, -0.1) is 10.2 Å². The van der Waals surface area contributed by atoms with Crippen LogP contribution in [0.15, 0.2) is 85.3 Å². The van der Waals surface area contributed by atoms with Crippen molar-refractivity contribution in [2.24, 2.45) is 0 Å². The van der Waals surface area contributed by atoms with E-state index in [2.05, 4.69) is 54.7 Å². The lowest BCUT2D eigenvalue weighted by Crippen LogP contribution is -2.18. The van der Waals surface area contributed by atoms with Crippen molar-refractivity contribution < 1.29 is 4.79 Å². The van der Waals surface area contributed by atoms with Gasteiger partial charge in [0.05, 0.1) is 17.1 Å². The van der Waals surface area contributed by atoms with E-state index < -0.39 is 0 Å². The molecule has 1 amide bonds. The molecule has 0 unspecified atom stereocenters. The van der Waals surface area contributed by atoms with Crippen LogP contribution in [-0.2, 0) is 5.41 Å². The van der Waals surface area contributed by atoms with E-state index in [1.807, 2.05) is 42.6 Å². The number of aromatic nitrogens is 7. The fourth-order valence-corrected chi connectivity index (χ4v) is 4.93. The number of rotatable bonds is 5. The average molecular weight is 499 g/mol. The fraction of sp³-hybridized carbons (Fsp3) is 0.138. The second kappa shape index (κ2) is 8.52. The summed E-state index contributed by atoms with van der Waals surface area (Å²) >= 11 is 0. The first-order chi connectivity index (χ1) is 18.6. The monoisotopic (exact) mass is 498 g/mol. The van der Waals surface area contributed by atoms with Crippen molar-refractivity contribution in [3.63, 3.8) is 0 Å². The molecule has 9 nitrogen and oxygen atoms in total. The largest absolute Gasteiger partial charge is 0.354 e. The Morgan fingerprint density at radius 3 is 2.45 bits per heavy atom. The number of nitrogens with zero attached hydrogens (tertiary/aromatic N) is 7. The van der Waals surface area contributed by atoms with Gasteiger partial charge in [-0.1, -0.05) is 42.5 Å². The van der Waals surface area contributed by atoms with E-state index in [1.165, 1.54) is 5.56 Å². The van der Waals surface area contributed by atoms with Gasteiger partial charge in [0.2, 0.25) is 0 Å². The summed E-state index contributed by atoms with van der Waals surface area (Å²) in [6.45, 7) is 0. The van der Waals surface area contributed by atoms with Crippen LogP contribution in [0.4, 0.5) is 0 Å². The maximum Gasteiger partial charge on any atom is 0.271 e. The standard InChI is InChI=1S/C29H22N8O/c1-30-26(38)24-10-8-21(16-32-24)18-4-6-19(7-5-18)25-17-33-28-35-34-27(37(28)36-25)29(12-13-29)22-9-11-23-20(15-22)3-2-14-31-23/h2-11,14-17H,12-13H2,1H3,(H,30,38). The molecule has 1 fully saturated rings. The highest BCUT2D eigenvalue weighted by atomic mass is 16.1. The zero-order valence-corrected chi connectivity index (χ0v) is 20.5. The van der Waals surface area contributed by atoms with E-state index in [-0.39, 0.29) is 11.3 Å². The van der Waals surface area contributed by atoms with Gasteiger partial charge in [-0.2, -0.15) is 9.61 Å². The summed E-state index contributed by atoms with van der Waals surface area (Å²) in [6, 6.07) is 22.1. The third kappa shape index (κ3) is 3.59. The molecule has 1 aliphatic rings. The first-order valence-corrected chi connectivity index (χ1v) is 12.4. The van der Waals surface area contributed by atoms with Crippen molar-refractivity contribution in [2.75, 3.05) is 7.05 Å². The topological polar surface area (TPSA) is 111 Å². The van der Waals surface area contributed by atoms with E-state index in [0.717, 1.165) is 52.0 Å². The molecule has 0 saturated heterocycles. The van der Waals surface area contributed by atoms with Crippen LogP contribution in [0.1, 0.15) is 34.7 Å². The van der Waals surface area contributed by atoms with E-state index in [9.17, 15) is 4.79 Å². The number of pyridine rings is 2.